The standard InChI is InChI=1S/C23H17F2N3O2/c1-12-7-8-15(13(2)29)11-17(12)21-16-9-10-20(30)28(23(16)27-14(3)26-21)22-18(24)5-4-6-19(22)25/h4-11,29H,2H2,1,3H3. The van der Waals surface area contributed by atoms with Crippen LogP contribution in [0.25, 0.3) is 33.7 Å². The van der Waals surface area contributed by atoms with Crippen molar-refractivity contribution in [1.82, 2.24) is 14.5 Å². The van der Waals surface area contributed by atoms with Crippen LogP contribution in [-0.4, -0.2) is 19.6 Å². The summed E-state index contributed by atoms with van der Waals surface area (Å²) >= 11 is 0. The Morgan fingerprint density at radius 3 is 2.40 bits per heavy atom. The number of hydrogen-bond acceptors (Lipinski definition) is 4. The Morgan fingerprint density at radius 1 is 1.03 bits per heavy atom. The molecule has 0 bridgehead atoms. The maximum absolute atomic E-state index is 14.5. The third kappa shape index (κ3) is 3.14. The van der Waals surface area contributed by atoms with Crippen molar-refractivity contribution in [3.63, 3.8) is 0 Å². The van der Waals surface area contributed by atoms with Gasteiger partial charge in [0.05, 0.1) is 5.69 Å². The van der Waals surface area contributed by atoms with E-state index in [4.69, 9.17) is 0 Å². The summed E-state index contributed by atoms with van der Waals surface area (Å²) in [7, 11) is 0. The van der Waals surface area contributed by atoms with E-state index in [9.17, 15) is 18.7 Å². The summed E-state index contributed by atoms with van der Waals surface area (Å²) in [4.78, 5) is 21.5. The van der Waals surface area contributed by atoms with Gasteiger partial charge in [-0.25, -0.2) is 18.7 Å². The van der Waals surface area contributed by atoms with E-state index in [2.05, 4.69) is 16.5 Å². The first-order chi connectivity index (χ1) is 14.3. The fourth-order valence-corrected chi connectivity index (χ4v) is 3.40. The fourth-order valence-electron chi connectivity index (χ4n) is 3.40. The van der Waals surface area contributed by atoms with E-state index in [-0.39, 0.29) is 11.4 Å². The molecule has 5 nitrogen and oxygen atoms in total. The van der Waals surface area contributed by atoms with E-state index in [1.807, 2.05) is 13.0 Å². The average molecular weight is 405 g/mol. The van der Waals surface area contributed by atoms with E-state index in [1.54, 1.807) is 19.1 Å². The normalized spacial score (nSPS) is 11.1. The van der Waals surface area contributed by atoms with Crippen LogP contribution in [0, 0.1) is 25.5 Å². The third-order valence-corrected chi connectivity index (χ3v) is 4.85. The number of fused-ring (bicyclic) bond motifs is 1. The number of para-hydroxylation sites is 1. The lowest BCUT2D eigenvalue weighted by atomic mass is 9.99. The Morgan fingerprint density at radius 2 is 1.73 bits per heavy atom. The van der Waals surface area contributed by atoms with Gasteiger partial charge >= 0.3 is 0 Å². The Labute approximate surface area is 170 Å². The molecule has 30 heavy (non-hydrogen) atoms. The summed E-state index contributed by atoms with van der Waals surface area (Å²) in [5.41, 5.74) is 1.49. The predicted octanol–water partition coefficient (Wildman–Crippen LogP) is 4.87. The molecule has 0 saturated carbocycles. The molecule has 0 atom stereocenters. The zero-order valence-corrected chi connectivity index (χ0v) is 16.3. The number of aryl methyl sites for hydroxylation is 2. The van der Waals surface area contributed by atoms with Crippen LogP contribution < -0.4 is 5.56 Å². The van der Waals surface area contributed by atoms with Gasteiger partial charge < -0.3 is 5.11 Å². The quantitative estimate of drug-likeness (QED) is 0.494. The first-order valence-electron chi connectivity index (χ1n) is 9.12. The van der Waals surface area contributed by atoms with E-state index in [0.717, 1.165) is 22.3 Å². The molecule has 0 aliphatic rings. The maximum Gasteiger partial charge on any atom is 0.256 e. The molecule has 4 rings (SSSR count). The van der Waals surface area contributed by atoms with Gasteiger partial charge in [0.25, 0.3) is 5.56 Å². The molecule has 1 N–H and O–H groups in total. The van der Waals surface area contributed by atoms with Crippen molar-refractivity contribution < 1.29 is 13.9 Å². The van der Waals surface area contributed by atoms with Gasteiger partial charge in [0.15, 0.2) is 5.65 Å². The smallest absolute Gasteiger partial charge is 0.256 e. The maximum atomic E-state index is 14.5. The van der Waals surface area contributed by atoms with Gasteiger partial charge in [0.1, 0.15) is 28.9 Å². The zero-order valence-electron chi connectivity index (χ0n) is 16.3. The molecule has 2 aromatic carbocycles. The van der Waals surface area contributed by atoms with Crippen LogP contribution in [0.5, 0.6) is 0 Å². The second kappa shape index (κ2) is 7.18. The summed E-state index contributed by atoms with van der Waals surface area (Å²) in [6.07, 6.45) is 0. The third-order valence-electron chi connectivity index (χ3n) is 4.85. The molecule has 0 radical (unpaired) electrons. The number of aromatic nitrogens is 3. The summed E-state index contributed by atoms with van der Waals surface area (Å²) in [6, 6.07) is 11.4. The lowest BCUT2D eigenvalue weighted by Crippen LogP contribution is -2.21. The van der Waals surface area contributed by atoms with Crippen molar-refractivity contribution in [2.75, 3.05) is 0 Å². The Hall–Kier alpha value is -3.87. The van der Waals surface area contributed by atoms with Gasteiger partial charge in [-0.05, 0) is 43.7 Å². The van der Waals surface area contributed by atoms with Gasteiger partial charge in [-0.3, -0.25) is 9.36 Å². The molecule has 0 spiro atoms. The van der Waals surface area contributed by atoms with E-state index >= 15 is 0 Å². The first-order valence-corrected chi connectivity index (χ1v) is 9.12. The second-order valence-electron chi connectivity index (χ2n) is 6.91. The summed E-state index contributed by atoms with van der Waals surface area (Å²) in [5.74, 6) is -1.53. The van der Waals surface area contributed by atoms with Gasteiger partial charge in [0, 0.05) is 22.6 Å². The molecule has 4 aromatic rings. The highest BCUT2D eigenvalue weighted by molar-refractivity contribution is 5.92. The molecule has 0 unspecified atom stereocenters. The molecule has 0 aliphatic carbocycles. The topological polar surface area (TPSA) is 68.0 Å². The minimum atomic E-state index is -0.878. The molecular weight excluding hydrogens is 388 g/mol. The fraction of sp³-hybridized carbons (Fsp3) is 0.0870. The van der Waals surface area contributed by atoms with Gasteiger partial charge in [-0.2, -0.15) is 0 Å². The number of halogens is 2. The molecule has 2 heterocycles. The molecule has 0 aliphatic heterocycles. The SMILES string of the molecule is C=C(O)c1ccc(C)c(-c2nc(C)nc3c2ccc(=O)n3-c2c(F)cccc2F)c1. The van der Waals surface area contributed by atoms with Crippen molar-refractivity contribution >= 4 is 16.8 Å². The number of hydrogen-bond donors (Lipinski definition) is 1. The highest BCUT2D eigenvalue weighted by atomic mass is 19.1. The number of pyridine rings is 1. The number of aliphatic hydroxyl groups excluding tert-OH is 1. The lowest BCUT2D eigenvalue weighted by molar-refractivity contribution is 0.514. The van der Waals surface area contributed by atoms with Crippen LogP contribution in [0.1, 0.15) is 17.0 Å². The summed E-state index contributed by atoms with van der Waals surface area (Å²) in [6.45, 7) is 7.05. The minimum absolute atomic E-state index is 0.0848. The van der Waals surface area contributed by atoms with Crippen molar-refractivity contribution in [2.45, 2.75) is 13.8 Å². The van der Waals surface area contributed by atoms with Crippen molar-refractivity contribution in [3.8, 4) is 16.9 Å². The highest BCUT2D eigenvalue weighted by Crippen LogP contribution is 2.31. The van der Waals surface area contributed by atoms with E-state index in [1.165, 1.54) is 18.2 Å². The number of benzene rings is 2. The van der Waals surface area contributed by atoms with Crippen LogP contribution in [0.4, 0.5) is 8.78 Å². The average Bonchev–Trinajstić information content (AvgIpc) is 2.69. The second-order valence-corrected chi connectivity index (χ2v) is 6.91. The molecule has 0 amide bonds. The van der Waals surface area contributed by atoms with Crippen LogP contribution in [0.3, 0.4) is 0 Å². The molecule has 7 heteroatoms. The van der Waals surface area contributed by atoms with Crippen LogP contribution in [0.2, 0.25) is 0 Å². The van der Waals surface area contributed by atoms with Crippen molar-refractivity contribution in [1.29, 1.82) is 0 Å². The van der Waals surface area contributed by atoms with Gasteiger partial charge in [0.2, 0.25) is 0 Å². The number of rotatable bonds is 3. The first kappa shape index (κ1) is 19.4. The molecule has 2 aromatic heterocycles. The minimum Gasteiger partial charge on any atom is -0.508 e. The lowest BCUT2D eigenvalue weighted by Gasteiger charge is -2.15. The van der Waals surface area contributed by atoms with Crippen molar-refractivity contribution in [3.05, 3.63) is 94.0 Å². The summed E-state index contributed by atoms with van der Waals surface area (Å²) in [5, 5.41) is 10.2. The van der Waals surface area contributed by atoms with Crippen molar-refractivity contribution in [2.24, 2.45) is 0 Å². The van der Waals surface area contributed by atoms with E-state index < -0.39 is 22.9 Å². The number of nitrogens with zero attached hydrogens (tertiary/aromatic N) is 3. The Bertz CT molecular complexity index is 1370. The Kier molecular flexibility index (Phi) is 4.66. The molecule has 0 fully saturated rings. The molecule has 0 saturated heterocycles. The molecule has 150 valence electrons. The number of aliphatic hydroxyl groups is 1. The van der Waals surface area contributed by atoms with Crippen LogP contribution >= 0.6 is 0 Å². The monoisotopic (exact) mass is 405 g/mol. The zero-order chi connectivity index (χ0) is 21.6. The van der Waals surface area contributed by atoms with Crippen LogP contribution in [-0.2, 0) is 0 Å². The predicted molar refractivity (Wildman–Crippen MR) is 112 cm³/mol. The Balaban J connectivity index is 2.13. The van der Waals surface area contributed by atoms with Gasteiger partial charge in [-0.1, -0.05) is 24.8 Å². The highest BCUT2D eigenvalue weighted by Gasteiger charge is 2.19. The molecular formula is C23H17F2N3O2. The van der Waals surface area contributed by atoms with E-state index in [0.29, 0.717) is 28.0 Å². The van der Waals surface area contributed by atoms with Gasteiger partial charge in [-0.15, -0.1) is 0 Å². The van der Waals surface area contributed by atoms with Crippen LogP contribution in [0.15, 0.2) is 59.9 Å². The summed E-state index contributed by atoms with van der Waals surface area (Å²) < 4.78 is 29.9. The largest absolute Gasteiger partial charge is 0.508 e.